The van der Waals surface area contributed by atoms with Gasteiger partial charge in [0.25, 0.3) is 0 Å². The largest absolute Gasteiger partial charge is 0.371 e. The summed E-state index contributed by atoms with van der Waals surface area (Å²) in [6.45, 7) is 0.632. The molecule has 0 bridgehead atoms. The summed E-state index contributed by atoms with van der Waals surface area (Å²) in [7, 11) is -3.68. The van der Waals surface area contributed by atoms with Crippen LogP contribution in [0.2, 0.25) is 0 Å². The number of hydrogen-bond acceptors (Lipinski definition) is 5. The minimum atomic E-state index is -3.68. The Labute approximate surface area is 113 Å². The van der Waals surface area contributed by atoms with Gasteiger partial charge >= 0.3 is 0 Å². The smallest absolute Gasteiger partial charge is 0.242 e. The van der Waals surface area contributed by atoms with E-state index in [1.807, 2.05) is 0 Å². The molecule has 17 heavy (non-hydrogen) atoms. The lowest BCUT2D eigenvalue weighted by Crippen LogP contribution is -2.27. The average molecular weight is 314 g/mol. The van der Waals surface area contributed by atoms with E-state index >= 15 is 0 Å². The molecule has 2 rings (SSSR count). The molecule has 0 fully saturated rings. The minimum absolute atomic E-state index is 0.126. The van der Waals surface area contributed by atoms with E-state index in [9.17, 15) is 8.42 Å². The molecule has 1 aromatic carbocycles. The lowest BCUT2D eigenvalue weighted by Gasteiger charge is -2.18. The fourth-order valence-corrected chi connectivity index (χ4v) is 3.74. The van der Waals surface area contributed by atoms with Crippen LogP contribution in [-0.2, 0) is 10.0 Å². The Balaban J connectivity index is 2.34. The lowest BCUT2D eigenvalue weighted by atomic mass is 10.3. The van der Waals surface area contributed by atoms with Gasteiger partial charge < -0.3 is 5.32 Å². The van der Waals surface area contributed by atoms with Crippen LogP contribution in [0.15, 0.2) is 28.0 Å². The predicted molar refractivity (Wildman–Crippen MR) is 69.7 cm³/mol. The van der Waals surface area contributed by atoms with Crippen molar-refractivity contribution in [1.82, 2.24) is 9.44 Å². The second-order valence-corrected chi connectivity index (χ2v) is 6.92. The molecule has 0 spiro atoms. The van der Waals surface area contributed by atoms with Gasteiger partial charge in [0.15, 0.2) is 4.96 Å². The first-order valence-corrected chi connectivity index (χ1v) is 7.74. The number of benzene rings is 1. The van der Waals surface area contributed by atoms with E-state index in [1.165, 1.54) is 18.0 Å². The molecule has 1 heterocycles. The van der Waals surface area contributed by atoms with Crippen molar-refractivity contribution in [2.75, 3.05) is 12.0 Å². The zero-order valence-corrected chi connectivity index (χ0v) is 11.6. The molecule has 0 atom stereocenters. The third-order valence-electron chi connectivity index (χ3n) is 2.04. The van der Waals surface area contributed by atoms with Crippen molar-refractivity contribution < 1.29 is 8.42 Å². The summed E-state index contributed by atoms with van der Waals surface area (Å²) < 4.78 is 28.7. The molecule has 1 aliphatic rings. The summed E-state index contributed by atoms with van der Waals surface area (Å²) in [5.74, 6) is 0. The van der Waals surface area contributed by atoms with Crippen LogP contribution in [0, 0.1) is 0 Å². The molecule has 1 aliphatic heterocycles. The average Bonchev–Trinajstić information content (AvgIpc) is 2.26. The maximum Gasteiger partial charge on any atom is 0.242 e. The van der Waals surface area contributed by atoms with Crippen molar-refractivity contribution in [3.63, 3.8) is 0 Å². The van der Waals surface area contributed by atoms with Crippen LogP contribution in [0.3, 0.4) is 0 Å². The van der Waals surface area contributed by atoms with Crippen molar-refractivity contribution in [3.8, 4) is 0 Å². The summed E-state index contributed by atoms with van der Waals surface area (Å²) in [4.78, 5) is -0.236. The standard InChI is InChI=1S/C8H9Cl2N3O2S2/c9-8(10)13-17(14,15)5-1-2-6-7(3-5)16-12-4-11-6/h1-3,8,11-13H,4H2. The van der Waals surface area contributed by atoms with E-state index in [-0.39, 0.29) is 4.90 Å². The molecule has 0 unspecified atom stereocenters. The highest BCUT2D eigenvalue weighted by Crippen LogP contribution is 2.30. The zero-order valence-electron chi connectivity index (χ0n) is 8.41. The van der Waals surface area contributed by atoms with Gasteiger partial charge in [-0.1, -0.05) is 23.2 Å². The van der Waals surface area contributed by atoms with Crippen molar-refractivity contribution >= 4 is 50.9 Å². The number of fused-ring (bicyclic) bond motifs is 1. The molecule has 0 radical (unpaired) electrons. The Morgan fingerprint density at radius 3 is 2.88 bits per heavy atom. The number of rotatable bonds is 3. The first-order valence-electron chi connectivity index (χ1n) is 4.57. The number of anilines is 1. The van der Waals surface area contributed by atoms with E-state index in [2.05, 4.69) is 14.8 Å². The van der Waals surface area contributed by atoms with E-state index < -0.39 is 15.0 Å². The maximum absolute atomic E-state index is 11.8. The van der Waals surface area contributed by atoms with Crippen LogP contribution >= 0.6 is 35.1 Å². The molecular formula is C8H9Cl2N3O2S2. The Hall–Kier alpha value is -0.180. The van der Waals surface area contributed by atoms with Crippen molar-refractivity contribution in [1.29, 1.82) is 0 Å². The molecule has 0 saturated carbocycles. The van der Waals surface area contributed by atoms with Gasteiger partial charge in [-0.15, -0.1) is 0 Å². The van der Waals surface area contributed by atoms with Crippen LogP contribution in [0.25, 0.3) is 0 Å². The SMILES string of the molecule is O=S(=O)(NC(Cl)Cl)c1ccc2c(c1)SNCN2. The fourth-order valence-electron chi connectivity index (χ4n) is 1.33. The van der Waals surface area contributed by atoms with Gasteiger partial charge in [-0.2, -0.15) is 4.72 Å². The highest BCUT2D eigenvalue weighted by atomic mass is 35.5. The molecule has 94 valence electrons. The van der Waals surface area contributed by atoms with Gasteiger partial charge in [0, 0.05) is 4.90 Å². The Morgan fingerprint density at radius 1 is 1.41 bits per heavy atom. The first kappa shape index (κ1) is 13.3. The topological polar surface area (TPSA) is 70.2 Å². The summed E-state index contributed by atoms with van der Waals surface area (Å²) in [5.41, 5.74) is 0.890. The van der Waals surface area contributed by atoms with Crippen molar-refractivity contribution in [2.45, 2.75) is 14.8 Å². The maximum atomic E-state index is 11.8. The second-order valence-electron chi connectivity index (χ2n) is 3.18. The third-order valence-corrected chi connectivity index (χ3v) is 4.78. The summed E-state index contributed by atoms with van der Waals surface area (Å²) >= 11 is 12.2. The van der Waals surface area contributed by atoms with Gasteiger partial charge in [0.05, 0.1) is 17.3 Å². The highest BCUT2D eigenvalue weighted by molar-refractivity contribution is 7.97. The first-order chi connectivity index (χ1) is 7.99. The van der Waals surface area contributed by atoms with E-state index in [1.54, 1.807) is 12.1 Å². The molecule has 0 aromatic heterocycles. The zero-order chi connectivity index (χ0) is 12.5. The number of nitrogens with one attached hydrogen (secondary N) is 3. The predicted octanol–water partition coefficient (Wildman–Crippen LogP) is 1.71. The molecule has 1 aromatic rings. The number of sulfonamides is 1. The van der Waals surface area contributed by atoms with Gasteiger partial charge in [-0.3, -0.25) is 0 Å². The quantitative estimate of drug-likeness (QED) is 0.450. The van der Waals surface area contributed by atoms with Crippen molar-refractivity contribution in [3.05, 3.63) is 18.2 Å². The van der Waals surface area contributed by atoms with E-state index in [0.717, 1.165) is 10.6 Å². The number of alkyl halides is 2. The Kier molecular flexibility index (Phi) is 4.06. The van der Waals surface area contributed by atoms with Crippen molar-refractivity contribution in [2.24, 2.45) is 0 Å². The lowest BCUT2D eigenvalue weighted by molar-refractivity contribution is 0.585. The Morgan fingerprint density at radius 2 is 2.18 bits per heavy atom. The van der Waals surface area contributed by atoms with E-state index in [4.69, 9.17) is 23.2 Å². The molecule has 3 N–H and O–H groups in total. The Bertz CT molecular complexity index is 522. The molecule has 9 heteroatoms. The van der Waals surface area contributed by atoms with Gasteiger partial charge in [0.2, 0.25) is 10.0 Å². The third kappa shape index (κ3) is 3.18. The fraction of sp³-hybridized carbons (Fsp3) is 0.250. The minimum Gasteiger partial charge on any atom is -0.371 e. The molecule has 0 saturated heterocycles. The summed E-state index contributed by atoms with van der Waals surface area (Å²) in [6.07, 6.45) is 0. The van der Waals surface area contributed by atoms with Crippen LogP contribution < -0.4 is 14.8 Å². The highest BCUT2D eigenvalue weighted by Gasteiger charge is 2.19. The van der Waals surface area contributed by atoms with Crippen LogP contribution in [0.5, 0.6) is 0 Å². The monoisotopic (exact) mass is 313 g/mol. The van der Waals surface area contributed by atoms with Gasteiger partial charge in [-0.25, -0.2) is 13.1 Å². The van der Waals surface area contributed by atoms with Crippen LogP contribution in [0.4, 0.5) is 5.69 Å². The van der Waals surface area contributed by atoms with Gasteiger partial charge in [0.1, 0.15) is 0 Å². The number of halogens is 2. The normalized spacial score (nSPS) is 15.5. The van der Waals surface area contributed by atoms with Crippen LogP contribution in [0.1, 0.15) is 0 Å². The molecule has 0 aliphatic carbocycles. The second kappa shape index (κ2) is 5.21. The summed E-state index contributed by atoms with van der Waals surface area (Å²) in [6, 6.07) is 4.75. The van der Waals surface area contributed by atoms with E-state index in [0.29, 0.717) is 6.67 Å². The molecule has 0 amide bonds. The van der Waals surface area contributed by atoms with Gasteiger partial charge in [-0.05, 0) is 30.1 Å². The molecule has 5 nitrogen and oxygen atoms in total. The number of hydrogen-bond donors (Lipinski definition) is 3. The molecular weight excluding hydrogens is 305 g/mol. The van der Waals surface area contributed by atoms with Crippen LogP contribution in [-0.4, -0.2) is 20.0 Å². The summed E-state index contributed by atoms with van der Waals surface area (Å²) in [5, 5.41) is 3.08.